The van der Waals surface area contributed by atoms with E-state index < -0.39 is 0 Å². The van der Waals surface area contributed by atoms with Crippen molar-refractivity contribution in [2.45, 2.75) is 34.1 Å². The highest BCUT2D eigenvalue weighted by atomic mass is 16.5. The van der Waals surface area contributed by atoms with Crippen LogP contribution in [-0.4, -0.2) is 42.5 Å². The van der Waals surface area contributed by atoms with Crippen molar-refractivity contribution in [1.82, 2.24) is 15.5 Å². The number of aromatic nitrogens is 2. The fourth-order valence-electron chi connectivity index (χ4n) is 2.34. The number of rotatable bonds is 10. The third-order valence-electron chi connectivity index (χ3n) is 3.36. The SMILES string of the molecule is CCOc1cc(C(=O)NCCc2nnc(C)o2)cc(OCC)c1OCC. The maximum absolute atomic E-state index is 12.5. The minimum atomic E-state index is -0.244. The lowest BCUT2D eigenvalue weighted by Crippen LogP contribution is -2.26. The lowest BCUT2D eigenvalue weighted by Gasteiger charge is -2.17. The number of carbonyl (C=O) groups is 1. The lowest BCUT2D eigenvalue weighted by atomic mass is 10.1. The second-order valence-electron chi connectivity index (χ2n) is 5.32. The summed E-state index contributed by atoms with van der Waals surface area (Å²) in [4.78, 5) is 12.5. The van der Waals surface area contributed by atoms with E-state index in [-0.39, 0.29) is 5.91 Å². The molecule has 0 radical (unpaired) electrons. The topological polar surface area (TPSA) is 95.7 Å². The number of amides is 1. The van der Waals surface area contributed by atoms with Crippen molar-refractivity contribution in [1.29, 1.82) is 0 Å². The Morgan fingerprint density at radius 2 is 1.65 bits per heavy atom. The van der Waals surface area contributed by atoms with Crippen molar-refractivity contribution in [3.8, 4) is 17.2 Å². The average molecular weight is 363 g/mol. The van der Waals surface area contributed by atoms with Gasteiger partial charge in [0.25, 0.3) is 5.91 Å². The molecule has 0 spiro atoms. The van der Waals surface area contributed by atoms with Crippen LogP contribution in [-0.2, 0) is 6.42 Å². The van der Waals surface area contributed by atoms with Crippen LogP contribution in [0.2, 0.25) is 0 Å². The summed E-state index contributed by atoms with van der Waals surface area (Å²) in [6, 6.07) is 3.31. The standard InChI is InChI=1S/C18H25N3O5/c1-5-23-14-10-13(11-15(24-6-2)17(14)25-7-3)18(22)19-9-8-16-21-20-12(4)26-16/h10-11H,5-9H2,1-4H3,(H,19,22). The summed E-state index contributed by atoms with van der Waals surface area (Å²) >= 11 is 0. The summed E-state index contributed by atoms with van der Waals surface area (Å²) in [5.74, 6) is 2.22. The molecular weight excluding hydrogens is 338 g/mol. The van der Waals surface area contributed by atoms with E-state index in [1.54, 1.807) is 19.1 Å². The number of ether oxygens (including phenoxy) is 3. The molecule has 26 heavy (non-hydrogen) atoms. The Morgan fingerprint density at radius 1 is 1.04 bits per heavy atom. The molecule has 0 saturated carbocycles. The molecule has 1 N–H and O–H groups in total. The van der Waals surface area contributed by atoms with Gasteiger partial charge >= 0.3 is 0 Å². The van der Waals surface area contributed by atoms with Gasteiger partial charge in [-0.25, -0.2) is 0 Å². The molecule has 142 valence electrons. The molecule has 0 fully saturated rings. The predicted molar refractivity (Wildman–Crippen MR) is 95.0 cm³/mol. The number of hydrogen-bond donors (Lipinski definition) is 1. The Labute approximate surface area is 152 Å². The van der Waals surface area contributed by atoms with Gasteiger partial charge in [-0.3, -0.25) is 4.79 Å². The highest BCUT2D eigenvalue weighted by molar-refractivity contribution is 5.95. The molecule has 0 bridgehead atoms. The first-order valence-electron chi connectivity index (χ1n) is 8.72. The predicted octanol–water partition coefficient (Wildman–Crippen LogP) is 2.55. The first-order chi connectivity index (χ1) is 12.6. The molecule has 0 aliphatic heterocycles. The summed E-state index contributed by atoms with van der Waals surface area (Å²) in [6.45, 7) is 9.09. The van der Waals surface area contributed by atoms with Crippen molar-refractivity contribution in [2.75, 3.05) is 26.4 Å². The van der Waals surface area contributed by atoms with E-state index in [4.69, 9.17) is 18.6 Å². The van der Waals surface area contributed by atoms with Crippen LogP contribution in [0.15, 0.2) is 16.5 Å². The molecule has 0 aliphatic rings. The summed E-state index contributed by atoms with van der Waals surface area (Å²) in [7, 11) is 0. The summed E-state index contributed by atoms with van der Waals surface area (Å²) < 4.78 is 22.2. The van der Waals surface area contributed by atoms with E-state index in [1.165, 1.54) is 0 Å². The molecular formula is C18H25N3O5. The zero-order valence-corrected chi connectivity index (χ0v) is 15.6. The average Bonchev–Trinajstić information content (AvgIpc) is 3.03. The van der Waals surface area contributed by atoms with Crippen LogP contribution in [0.4, 0.5) is 0 Å². The molecule has 2 rings (SSSR count). The van der Waals surface area contributed by atoms with Gasteiger partial charge in [0.05, 0.1) is 19.8 Å². The number of carbonyl (C=O) groups excluding carboxylic acids is 1. The van der Waals surface area contributed by atoms with Crippen LogP contribution < -0.4 is 19.5 Å². The molecule has 0 aliphatic carbocycles. The number of hydrogen-bond acceptors (Lipinski definition) is 7. The number of nitrogens with zero attached hydrogens (tertiary/aromatic N) is 2. The maximum atomic E-state index is 12.5. The molecule has 1 amide bonds. The first-order valence-corrected chi connectivity index (χ1v) is 8.72. The fraction of sp³-hybridized carbons (Fsp3) is 0.500. The van der Waals surface area contributed by atoms with Crippen LogP contribution in [0.3, 0.4) is 0 Å². The Morgan fingerprint density at radius 3 is 2.15 bits per heavy atom. The Hall–Kier alpha value is -2.77. The van der Waals surface area contributed by atoms with Gasteiger partial charge in [0, 0.05) is 25.5 Å². The van der Waals surface area contributed by atoms with Gasteiger partial charge in [0.15, 0.2) is 11.5 Å². The summed E-state index contributed by atoms with van der Waals surface area (Å²) in [5.41, 5.74) is 0.432. The zero-order chi connectivity index (χ0) is 18.9. The van der Waals surface area contributed by atoms with E-state index in [0.717, 1.165) is 0 Å². The normalized spacial score (nSPS) is 10.5. The Kier molecular flexibility index (Phi) is 7.25. The lowest BCUT2D eigenvalue weighted by molar-refractivity contribution is 0.0952. The first kappa shape index (κ1) is 19.6. The van der Waals surface area contributed by atoms with Crippen LogP contribution in [0.1, 0.15) is 42.9 Å². The van der Waals surface area contributed by atoms with Gasteiger partial charge in [-0.1, -0.05) is 0 Å². The van der Waals surface area contributed by atoms with E-state index in [1.807, 2.05) is 20.8 Å². The van der Waals surface area contributed by atoms with Crippen molar-refractivity contribution in [3.05, 3.63) is 29.5 Å². The van der Waals surface area contributed by atoms with Crippen LogP contribution in [0, 0.1) is 6.92 Å². The molecule has 8 nitrogen and oxygen atoms in total. The van der Waals surface area contributed by atoms with E-state index >= 15 is 0 Å². The van der Waals surface area contributed by atoms with Gasteiger partial charge < -0.3 is 23.9 Å². The molecule has 2 aromatic rings. The van der Waals surface area contributed by atoms with E-state index in [9.17, 15) is 4.79 Å². The van der Waals surface area contributed by atoms with Crippen molar-refractivity contribution >= 4 is 5.91 Å². The number of nitrogens with one attached hydrogen (secondary N) is 1. The molecule has 0 saturated heterocycles. The van der Waals surface area contributed by atoms with Gasteiger partial charge in [-0.15, -0.1) is 10.2 Å². The highest BCUT2D eigenvalue weighted by Crippen LogP contribution is 2.39. The Bertz CT molecular complexity index is 702. The van der Waals surface area contributed by atoms with Crippen molar-refractivity contribution < 1.29 is 23.4 Å². The zero-order valence-electron chi connectivity index (χ0n) is 15.6. The largest absolute Gasteiger partial charge is 0.490 e. The second-order valence-corrected chi connectivity index (χ2v) is 5.32. The molecule has 0 atom stereocenters. The molecule has 1 aromatic heterocycles. The monoisotopic (exact) mass is 363 g/mol. The molecule has 1 aromatic carbocycles. The van der Waals surface area contributed by atoms with E-state index in [2.05, 4.69) is 15.5 Å². The maximum Gasteiger partial charge on any atom is 0.251 e. The third kappa shape index (κ3) is 5.11. The van der Waals surface area contributed by atoms with Gasteiger partial charge in [-0.2, -0.15) is 0 Å². The van der Waals surface area contributed by atoms with Crippen LogP contribution in [0.25, 0.3) is 0 Å². The van der Waals surface area contributed by atoms with Gasteiger partial charge in [-0.05, 0) is 32.9 Å². The fourth-order valence-corrected chi connectivity index (χ4v) is 2.34. The quantitative estimate of drug-likeness (QED) is 0.693. The van der Waals surface area contributed by atoms with Crippen LogP contribution >= 0.6 is 0 Å². The smallest absolute Gasteiger partial charge is 0.251 e. The summed E-state index contributed by atoms with van der Waals surface area (Å²) in [6.07, 6.45) is 0.459. The molecule has 8 heteroatoms. The number of benzene rings is 1. The minimum absolute atomic E-state index is 0.244. The van der Waals surface area contributed by atoms with Crippen molar-refractivity contribution in [2.24, 2.45) is 0 Å². The Balaban J connectivity index is 2.13. The van der Waals surface area contributed by atoms with E-state index in [0.29, 0.717) is 67.4 Å². The van der Waals surface area contributed by atoms with Crippen molar-refractivity contribution in [3.63, 3.8) is 0 Å². The minimum Gasteiger partial charge on any atom is -0.490 e. The van der Waals surface area contributed by atoms with Gasteiger partial charge in [0.2, 0.25) is 17.5 Å². The number of aryl methyl sites for hydroxylation is 1. The van der Waals surface area contributed by atoms with Crippen LogP contribution in [0.5, 0.6) is 17.2 Å². The highest BCUT2D eigenvalue weighted by Gasteiger charge is 2.18. The third-order valence-corrected chi connectivity index (χ3v) is 3.36. The second kappa shape index (κ2) is 9.65. The summed E-state index contributed by atoms with van der Waals surface area (Å²) in [5, 5.41) is 10.5. The molecule has 0 unspecified atom stereocenters. The molecule has 1 heterocycles. The van der Waals surface area contributed by atoms with Gasteiger partial charge in [0.1, 0.15) is 0 Å².